The number of anilines is 3. The molecule has 55 heavy (non-hydrogen) atoms. The second-order valence-electron chi connectivity index (χ2n) is 14.2. The van der Waals surface area contributed by atoms with E-state index in [1.54, 1.807) is 0 Å². The number of imide groups is 1. The number of hydroxylamine groups is 2. The van der Waals surface area contributed by atoms with Crippen molar-refractivity contribution in [1.82, 2.24) is 5.06 Å². The summed E-state index contributed by atoms with van der Waals surface area (Å²) in [5, 5.41) is 0.600. The maximum absolute atomic E-state index is 12.2. The molecule has 2 aliphatic heterocycles. The van der Waals surface area contributed by atoms with Gasteiger partial charge in [-0.2, -0.15) is 8.42 Å². The Hall–Kier alpha value is -4.81. The van der Waals surface area contributed by atoms with Gasteiger partial charge in [-0.25, -0.2) is 0 Å². The van der Waals surface area contributed by atoms with Crippen molar-refractivity contribution in [3.8, 4) is 0 Å². The van der Waals surface area contributed by atoms with E-state index in [-0.39, 0.29) is 51.4 Å². The van der Waals surface area contributed by atoms with Crippen molar-refractivity contribution < 1.29 is 36.8 Å². The van der Waals surface area contributed by atoms with Crippen molar-refractivity contribution in [3.63, 3.8) is 0 Å². The molecule has 1 aromatic heterocycles. The summed E-state index contributed by atoms with van der Waals surface area (Å²) in [5.74, 6) is -1.82. The van der Waals surface area contributed by atoms with Gasteiger partial charge in [-0.3, -0.25) is 4.55 Å². The number of allylic oxidation sites excluding steroid dienone is 5. The normalized spacial score (nSPS) is 16.3. The van der Waals surface area contributed by atoms with Gasteiger partial charge in [0.2, 0.25) is 0 Å². The fourth-order valence-corrected chi connectivity index (χ4v) is 9.90. The Bertz CT molecular complexity index is 2250. The van der Waals surface area contributed by atoms with Crippen LogP contribution in [0.25, 0.3) is 15.9 Å². The number of aryl methyl sites for hydroxylation is 1. The summed E-state index contributed by atoms with van der Waals surface area (Å²) < 4.78 is 37.5. The van der Waals surface area contributed by atoms with Crippen molar-refractivity contribution in [2.45, 2.75) is 70.8 Å². The third kappa shape index (κ3) is 9.53. The van der Waals surface area contributed by atoms with E-state index in [9.17, 15) is 27.4 Å². The number of benzene rings is 3. The molecule has 0 aliphatic carbocycles. The Kier molecular flexibility index (Phi) is 12.6. The molecule has 2 amide bonds. The molecule has 0 unspecified atom stereocenters. The summed E-state index contributed by atoms with van der Waals surface area (Å²) >= 11 is 0.127. The molecule has 0 saturated carbocycles. The Morgan fingerprint density at radius 1 is 0.927 bits per heavy atom. The molecule has 11 nitrogen and oxygen atoms in total. The van der Waals surface area contributed by atoms with Gasteiger partial charge in [-0.1, -0.05) is 18.2 Å². The SMILES string of the molecule is CN(c1ccccc1)c1ccc2c(c1)C(C)(C)\C(=C/C=C/C=C/c1[se]c3ccccc3[n+]1CCCCCC(=O)ON1C(=O)CCC1=O)N2CCCS(=O)(=O)O. The first-order valence-corrected chi connectivity index (χ1v) is 21.9. The van der Waals surface area contributed by atoms with E-state index in [4.69, 9.17) is 4.84 Å². The van der Waals surface area contributed by atoms with Crippen LogP contribution in [0.15, 0.2) is 103 Å². The van der Waals surface area contributed by atoms with Gasteiger partial charge in [-0.15, -0.1) is 0 Å². The minimum absolute atomic E-state index is 0.0774. The van der Waals surface area contributed by atoms with Crippen LogP contribution in [-0.2, 0) is 41.3 Å². The van der Waals surface area contributed by atoms with E-state index in [1.165, 1.54) is 14.3 Å². The zero-order valence-electron chi connectivity index (χ0n) is 31.4. The Labute approximate surface area is 328 Å². The third-order valence-electron chi connectivity index (χ3n) is 10.0. The van der Waals surface area contributed by atoms with E-state index in [0.717, 1.165) is 47.7 Å². The van der Waals surface area contributed by atoms with E-state index >= 15 is 0 Å². The van der Waals surface area contributed by atoms with Crippen LogP contribution in [0, 0.1) is 0 Å². The van der Waals surface area contributed by atoms with Crippen LogP contribution >= 0.6 is 0 Å². The van der Waals surface area contributed by atoms with Crippen LogP contribution in [0.4, 0.5) is 17.1 Å². The average molecular weight is 831 g/mol. The Balaban J connectivity index is 1.15. The second kappa shape index (κ2) is 17.3. The molecule has 0 radical (unpaired) electrons. The van der Waals surface area contributed by atoms with Gasteiger partial charge in [0.25, 0.3) is 0 Å². The number of fused-ring (bicyclic) bond motifs is 2. The number of para-hydroxylation sites is 2. The number of amides is 2. The Morgan fingerprint density at radius 2 is 1.65 bits per heavy atom. The molecule has 1 fully saturated rings. The van der Waals surface area contributed by atoms with Gasteiger partial charge in [-0.05, 0) is 12.1 Å². The molecule has 13 heteroatoms. The van der Waals surface area contributed by atoms with Crippen molar-refractivity contribution in [2.75, 3.05) is 29.1 Å². The summed E-state index contributed by atoms with van der Waals surface area (Å²) in [6, 6.07) is 25.0. The molecule has 6 rings (SSSR count). The summed E-state index contributed by atoms with van der Waals surface area (Å²) in [6.07, 6.45) is 13.1. The quantitative estimate of drug-likeness (QED) is 0.0330. The first-order chi connectivity index (χ1) is 26.3. The van der Waals surface area contributed by atoms with Gasteiger partial charge in [0.15, 0.2) is 0 Å². The number of aromatic nitrogens is 1. The molecule has 0 atom stereocenters. The summed E-state index contributed by atoms with van der Waals surface area (Å²) in [4.78, 5) is 45.0. The van der Waals surface area contributed by atoms with Gasteiger partial charge in [0.1, 0.15) is 0 Å². The molecular formula is C42H47N4O7SSe+. The number of carbonyl (C=O) groups is 3. The number of rotatable bonds is 16. The van der Waals surface area contributed by atoms with Crippen LogP contribution in [-0.4, -0.2) is 69.7 Å². The number of hydrogen-bond donors (Lipinski definition) is 1. The van der Waals surface area contributed by atoms with Gasteiger partial charge in [0, 0.05) is 12.7 Å². The zero-order valence-corrected chi connectivity index (χ0v) is 33.9. The molecule has 0 spiro atoms. The number of unbranched alkanes of at least 4 members (excludes halogenated alkanes) is 2. The van der Waals surface area contributed by atoms with Crippen LogP contribution in [0.1, 0.15) is 68.9 Å². The van der Waals surface area contributed by atoms with E-state index in [2.05, 4.69) is 95.0 Å². The van der Waals surface area contributed by atoms with E-state index in [0.29, 0.717) is 18.0 Å². The molecule has 2 aliphatic rings. The predicted molar refractivity (Wildman–Crippen MR) is 215 cm³/mol. The molecule has 288 valence electrons. The molecule has 0 bridgehead atoms. The van der Waals surface area contributed by atoms with Crippen LogP contribution in [0.3, 0.4) is 0 Å². The molecule has 1 N–H and O–H groups in total. The van der Waals surface area contributed by atoms with Crippen LogP contribution < -0.4 is 14.4 Å². The number of nitrogens with zero attached hydrogens (tertiary/aromatic N) is 4. The number of carbonyl (C=O) groups excluding carboxylic acids is 3. The average Bonchev–Trinajstić information content (AvgIpc) is 3.75. The monoisotopic (exact) mass is 831 g/mol. The Morgan fingerprint density at radius 3 is 2.40 bits per heavy atom. The molecule has 3 heterocycles. The topological polar surface area (TPSA) is 128 Å². The first kappa shape index (κ1) is 39.9. The van der Waals surface area contributed by atoms with Crippen LogP contribution in [0.2, 0.25) is 0 Å². The van der Waals surface area contributed by atoms with E-state index < -0.39 is 27.9 Å². The third-order valence-corrected chi connectivity index (χ3v) is 13.2. The summed E-state index contributed by atoms with van der Waals surface area (Å²) in [5.41, 5.74) is 6.14. The van der Waals surface area contributed by atoms with Crippen molar-refractivity contribution in [3.05, 3.63) is 113 Å². The summed E-state index contributed by atoms with van der Waals surface area (Å²) in [7, 11) is -2.04. The molecule has 3 aromatic carbocycles. The van der Waals surface area contributed by atoms with Gasteiger partial charge >= 0.3 is 274 Å². The maximum atomic E-state index is 12.2. The van der Waals surface area contributed by atoms with Crippen molar-refractivity contribution in [2.24, 2.45) is 0 Å². The number of hydrogen-bond acceptors (Lipinski definition) is 8. The summed E-state index contributed by atoms with van der Waals surface area (Å²) in [6.45, 7) is 5.59. The smallest absolute Gasteiger partial charge is 0.286 e. The fraction of sp³-hybridized carbons (Fsp3) is 0.333. The predicted octanol–water partition coefficient (Wildman–Crippen LogP) is 6.65. The minimum Gasteiger partial charge on any atom is -0.286 e. The molecular weight excluding hydrogens is 784 g/mol. The van der Waals surface area contributed by atoms with Gasteiger partial charge in [0.05, 0.1) is 0 Å². The standard InChI is InChI=1S/C42H46N4O7SSe/c1-42(2)33-30-32(43(3)31-16-7-4-8-17-31)23-24-34(33)44(28-15-29-54(50,51)52)37(42)20-9-5-10-21-40-45(35-18-12-13-19-36(35)55-40)27-14-6-11-22-41(49)53-46-38(47)25-26-39(46)48/h4-5,7-10,12-13,16-21,23-24,30H,6,11,14-15,22,25-29H2,1-3H3/p+1. The second-order valence-corrected chi connectivity index (χ2v) is 18.0. The van der Waals surface area contributed by atoms with Crippen molar-refractivity contribution >= 4 is 75.3 Å². The van der Waals surface area contributed by atoms with Crippen LogP contribution in [0.5, 0.6) is 0 Å². The molecule has 4 aromatic rings. The van der Waals surface area contributed by atoms with Gasteiger partial charge < -0.3 is 0 Å². The zero-order chi connectivity index (χ0) is 39.2. The minimum atomic E-state index is -4.09. The first-order valence-electron chi connectivity index (χ1n) is 18.5. The van der Waals surface area contributed by atoms with E-state index in [1.807, 2.05) is 43.5 Å². The molecule has 1 saturated heterocycles. The van der Waals surface area contributed by atoms with Crippen molar-refractivity contribution in [1.29, 1.82) is 0 Å². The fourth-order valence-electron chi connectivity index (χ4n) is 7.10.